The van der Waals surface area contributed by atoms with Crippen molar-refractivity contribution < 1.29 is 9.53 Å². The van der Waals surface area contributed by atoms with Crippen LogP contribution in [0.25, 0.3) is 0 Å². The van der Waals surface area contributed by atoms with Crippen LogP contribution in [0.2, 0.25) is 5.02 Å². The number of halogens is 1. The number of ether oxygens (including phenoxy) is 1. The molecule has 0 aliphatic heterocycles. The molecule has 0 atom stereocenters. The number of carbonyl (C=O) groups is 1. The molecule has 0 spiro atoms. The minimum Gasteiger partial charge on any atom is -0.483 e. The Morgan fingerprint density at radius 2 is 1.78 bits per heavy atom. The molecule has 0 saturated heterocycles. The Morgan fingerprint density at radius 3 is 2.43 bits per heavy atom. The van der Waals surface area contributed by atoms with Gasteiger partial charge in [0.05, 0.1) is 0 Å². The number of likely N-dealkylation sites (N-methyl/N-ethyl adjacent to an activating group) is 1. The monoisotopic (exact) mass is 331 g/mol. The van der Waals surface area contributed by atoms with Crippen molar-refractivity contribution in [2.45, 2.75) is 27.3 Å². The number of carbonyl (C=O) groups excluding carboxylic acids is 1. The van der Waals surface area contributed by atoms with E-state index in [0.29, 0.717) is 11.6 Å². The minimum absolute atomic E-state index is 0.0355. The summed E-state index contributed by atoms with van der Waals surface area (Å²) in [4.78, 5) is 13.9. The van der Waals surface area contributed by atoms with Crippen molar-refractivity contribution in [1.82, 2.24) is 4.90 Å². The third-order valence-corrected chi connectivity index (χ3v) is 4.13. The molecule has 0 aromatic heterocycles. The van der Waals surface area contributed by atoms with Crippen molar-refractivity contribution in [3.05, 3.63) is 63.7 Å². The van der Waals surface area contributed by atoms with E-state index in [9.17, 15) is 4.79 Å². The van der Waals surface area contributed by atoms with E-state index >= 15 is 0 Å². The van der Waals surface area contributed by atoms with Crippen molar-refractivity contribution in [2.75, 3.05) is 13.7 Å². The topological polar surface area (TPSA) is 29.5 Å². The Hall–Kier alpha value is -2.00. The Balaban J connectivity index is 1.95. The molecule has 2 aromatic rings. The maximum absolute atomic E-state index is 12.2. The van der Waals surface area contributed by atoms with E-state index in [4.69, 9.17) is 16.3 Å². The summed E-state index contributed by atoms with van der Waals surface area (Å²) >= 11 is 5.87. The Labute approximate surface area is 142 Å². The molecule has 0 fully saturated rings. The quantitative estimate of drug-likeness (QED) is 0.817. The molecular formula is C19H22ClNO2. The van der Waals surface area contributed by atoms with Gasteiger partial charge in [-0.05, 0) is 61.2 Å². The van der Waals surface area contributed by atoms with Crippen LogP contribution in [-0.4, -0.2) is 24.5 Å². The van der Waals surface area contributed by atoms with Gasteiger partial charge in [-0.1, -0.05) is 29.8 Å². The second-order valence-electron chi connectivity index (χ2n) is 5.87. The summed E-state index contributed by atoms with van der Waals surface area (Å²) in [6.07, 6.45) is 0. The van der Waals surface area contributed by atoms with Gasteiger partial charge in [0.15, 0.2) is 6.61 Å². The fourth-order valence-electron chi connectivity index (χ4n) is 2.35. The second-order valence-corrected chi connectivity index (χ2v) is 6.31. The van der Waals surface area contributed by atoms with Crippen molar-refractivity contribution in [3.63, 3.8) is 0 Å². The summed E-state index contributed by atoms with van der Waals surface area (Å²) in [7, 11) is 1.77. The molecule has 2 aromatic carbocycles. The maximum Gasteiger partial charge on any atom is 0.260 e. The van der Waals surface area contributed by atoms with Crippen molar-refractivity contribution in [2.24, 2.45) is 0 Å². The van der Waals surface area contributed by atoms with Gasteiger partial charge in [0.25, 0.3) is 5.91 Å². The van der Waals surface area contributed by atoms with E-state index in [1.54, 1.807) is 11.9 Å². The molecule has 122 valence electrons. The largest absolute Gasteiger partial charge is 0.483 e. The molecule has 0 aliphatic carbocycles. The van der Waals surface area contributed by atoms with Gasteiger partial charge in [-0.3, -0.25) is 4.79 Å². The van der Waals surface area contributed by atoms with Gasteiger partial charge in [0.1, 0.15) is 5.75 Å². The summed E-state index contributed by atoms with van der Waals surface area (Å²) in [6, 6.07) is 11.6. The Morgan fingerprint density at radius 1 is 1.13 bits per heavy atom. The molecule has 0 aliphatic rings. The van der Waals surface area contributed by atoms with Crippen LogP contribution in [0, 0.1) is 20.8 Å². The third-order valence-electron chi connectivity index (χ3n) is 3.87. The number of hydrogen-bond donors (Lipinski definition) is 0. The zero-order valence-electron chi connectivity index (χ0n) is 14.0. The zero-order valence-corrected chi connectivity index (χ0v) is 14.8. The molecule has 1 amide bonds. The van der Waals surface area contributed by atoms with Crippen molar-refractivity contribution in [1.29, 1.82) is 0 Å². The summed E-state index contributed by atoms with van der Waals surface area (Å²) in [5, 5.41) is 0.691. The average molecular weight is 332 g/mol. The van der Waals surface area contributed by atoms with Crippen molar-refractivity contribution in [3.8, 4) is 5.75 Å². The van der Waals surface area contributed by atoms with Crippen LogP contribution in [0.1, 0.15) is 22.3 Å². The van der Waals surface area contributed by atoms with E-state index in [1.165, 1.54) is 5.56 Å². The van der Waals surface area contributed by atoms with Gasteiger partial charge < -0.3 is 9.64 Å². The summed E-state index contributed by atoms with van der Waals surface area (Å²) < 4.78 is 5.73. The molecule has 0 radical (unpaired) electrons. The minimum atomic E-state index is -0.0569. The number of nitrogens with zero attached hydrogens (tertiary/aromatic N) is 1. The van der Waals surface area contributed by atoms with Gasteiger partial charge in [-0.25, -0.2) is 0 Å². The fraction of sp³-hybridized carbons (Fsp3) is 0.316. The first-order valence-electron chi connectivity index (χ1n) is 7.56. The molecule has 4 heteroatoms. The highest BCUT2D eigenvalue weighted by molar-refractivity contribution is 6.30. The molecule has 23 heavy (non-hydrogen) atoms. The number of aryl methyl sites for hydroxylation is 2. The van der Waals surface area contributed by atoms with Crippen LogP contribution in [0.3, 0.4) is 0 Å². The van der Waals surface area contributed by atoms with E-state index in [2.05, 4.69) is 6.07 Å². The van der Waals surface area contributed by atoms with E-state index in [-0.39, 0.29) is 12.5 Å². The lowest BCUT2D eigenvalue weighted by Crippen LogP contribution is -2.31. The zero-order chi connectivity index (χ0) is 17.0. The van der Waals surface area contributed by atoms with E-state index in [0.717, 1.165) is 22.4 Å². The van der Waals surface area contributed by atoms with E-state index in [1.807, 2.05) is 51.1 Å². The molecule has 0 unspecified atom stereocenters. The van der Waals surface area contributed by atoms with Crippen LogP contribution in [0.4, 0.5) is 0 Å². The number of rotatable bonds is 5. The van der Waals surface area contributed by atoms with Gasteiger partial charge in [-0.2, -0.15) is 0 Å². The molecule has 0 bridgehead atoms. The summed E-state index contributed by atoms with van der Waals surface area (Å²) in [5.41, 5.74) is 4.41. The standard InChI is InChI=1S/C19H22ClNO2/c1-13-9-14(2)15(3)18(10-13)23-12-19(22)21(4)11-16-5-7-17(20)8-6-16/h5-10H,11-12H2,1-4H3. The van der Waals surface area contributed by atoms with Crippen LogP contribution in [0.15, 0.2) is 36.4 Å². The van der Waals surface area contributed by atoms with Crippen LogP contribution in [-0.2, 0) is 11.3 Å². The first-order valence-corrected chi connectivity index (χ1v) is 7.93. The van der Waals surface area contributed by atoms with Gasteiger partial charge in [-0.15, -0.1) is 0 Å². The van der Waals surface area contributed by atoms with Crippen LogP contribution < -0.4 is 4.74 Å². The van der Waals surface area contributed by atoms with E-state index < -0.39 is 0 Å². The smallest absolute Gasteiger partial charge is 0.260 e. The molecule has 0 N–H and O–H groups in total. The lowest BCUT2D eigenvalue weighted by molar-refractivity contribution is -0.132. The lowest BCUT2D eigenvalue weighted by Gasteiger charge is -2.18. The highest BCUT2D eigenvalue weighted by Gasteiger charge is 2.12. The Bertz CT molecular complexity index is 695. The highest BCUT2D eigenvalue weighted by atomic mass is 35.5. The molecule has 2 rings (SSSR count). The average Bonchev–Trinajstić information content (AvgIpc) is 2.51. The molecule has 0 saturated carbocycles. The first-order chi connectivity index (χ1) is 10.9. The number of hydrogen-bond acceptors (Lipinski definition) is 2. The Kier molecular flexibility index (Phi) is 5.67. The van der Waals surface area contributed by atoms with Crippen LogP contribution in [0.5, 0.6) is 5.75 Å². The predicted octanol–water partition coefficient (Wildman–Crippen LogP) is 4.30. The molecule has 0 heterocycles. The molecular weight excluding hydrogens is 310 g/mol. The SMILES string of the molecule is Cc1cc(C)c(C)c(OCC(=O)N(C)Cc2ccc(Cl)cc2)c1. The first kappa shape index (κ1) is 17.4. The third kappa shape index (κ3) is 4.73. The van der Waals surface area contributed by atoms with Gasteiger partial charge in [0.2, 0.25) is 0 Å². The molecule has 3 nitrogen and oxygen atoms in total. The number of amides is 1. The normalized spacial score (nSPS) is 10.5. The van der Waals surface area contributed by atoms with Gasteiger partial charge in [0, 0.05) is 18.6 Å². The lowest BCUT2D eigenvalue weighted by atomic mass is 10.1. The number of benzene rings is 2. The van der Waals surface area contributed by atoms with Gasteiger partial charge >= 0.3 is 0 Å². The van der Waals surface area contributed by atoms with Crippen LogP contribution >= 0.6 is 11.6 Å². The summed E-state index contributed by atoms with van der Waals surface area (Å²) in [5.74, 6) is 0.717. The second kappa shape index (κ2) is 7.51. The van der Waals surface area contributed by atoms with Crippen molar-refractivity contribution >= 4 is 17.5 Å². The highest BCUT2D eigenvalue weighted by Crippen LogP contribution is 2.23. The fourth-order valence-corrected chi connectivity index (χ4v) is 2.48. The maximum atomic E-state index is 12.2. The predicted molar refractivity (Wildman–Crippen MR) is 94.1 cm³/mol. The summed E-state index contributed by atoms with van der Waals surface area (Å²) in [6.45, 7) is 6.64.